The van der Waals surface area contributed by atoms with Gasteiger partial charge in [-0.2, -0.15) is 0 Å². The number of carbonyl (C=O) groups excluding carboxylic acids is 4. The highest BCUT2D eigenvalue weighted by atomic mass is 19.1. The number of rotatable bonds is 8. The molecule has 1 N–H and O–H groups in total. The Kier molecular flexibility index (Phi) is 7.78. The van der Waals surface area contributed by atoms with Gasteiger partial charge in [0.05, 0.1) is 36.0 Å². The average molecular weight is 468 g/mol. The summed E-state index contributed by atoms with van der Waals surface area (Å²) >= 11 is 0. The Balaban J connectivity index is 1.91. The molecule has 1 atom stereocenters. The lowest BCUT2D eigenvalue weighted by Crippen LogP contribution is -2.32. The van der Waals surface area contributed by atoms with E-state index in [1.54, 1.807) is 20.8 Å². The molecule has 8 nitrogen and oxygen atoms in total. The number of imide groups is 1. The minimum atomic E-state index is -1.07. The number of carbonyl (C=O) groups is 4. The molecule has 1 aliphatic heterocycles. The molecule has 0 saturated carbocycles. The van der Waals surface area contributed by atoms with Gasteiger partial charge in [0.1, 0.15) is 5.82 Å². The Morgan fingerprint density at radius 3 is 2.21 bits per heavy atom. The van der Waals surface area contributed by atoms with Crippen LogP contribution in [-0.2, 0) is 23.9 Å². The number of nitrogens with zero attached hydrogens (tertiary/aromatic N) is 1. The first-order chi connectivity index (χ1) is 16.3. The molecular weight excluding hydrogens is 443 g/mol. The monoisotopic (exact) mass is 468 g/mol. The maximum absolute atomic E-state index is 13.3. The van der Waals surface area contributed by atoms with E-state index in [4.69, 9.17) is 9.47 Å². The predicted octanol–water partition coefficient (Wildman–Crippen LogP) is 3.83. The number of hydrogen-bond acceptors (Lipinski definition) is 7. The molecule has 0 spiro atoms. The summed E-state index contributed by atoms with van der Waals surface area (Å²) in [5.41, 5.74) is 1.40. The number of allylic oxidation sites excluding steroid dienone is 1. The van der Waals surface area contributed by atoms with Gasteiger partial charge in [0.2, 0.25) is 11.8 Å². The summed E-state index contributed by atoms with van der Waals surface area (Å²) in [6.45, 7) is 5.22. The molecule has 0 bridgehead atoms. The lowest BCUT2D eigenvalue weighted by molar-refractivity contribution is -0.140. The van der Waals surface area contributed by atoms with Crippen LogP contribution in [0.25, 0.3) is 0 Å². The number of benzene rings is 2. The minimum Gasteiger partial charge on any atom is -0.463 e. The van der Waals surface area contributed by atoms with E-state index >= 15 is 0 Å². The molecule has 0 aromatic heterocycles. The first-order valence-corrected chi connectivity index (χ1v) is 10.8. The van der Waals surface area contributed by atoms with Crippen molar-refractivity contribution in [1.82, 2.24) is 0 Å². The maximum Gasteiger partial charge on any atom is 0.338 e. The Hall–Kier alpha value is -4.01. The van der Waals surface area contributed by atoms with Crippen LogP contribution < -0.4 is 10.2 Å². The highest BCUT2D eigenvalue weighted by Crippen LogP contribution is 2.33. The molecule has 1 saturated heterocycles. The van der Waals surface area contributed by atoms with Gasteiger partial charge in [-0.05, 0) is 69.3 Å². The van der Waals surface area contributed by atoms with E-state index in [-0.39, 0.29) is 36.5 Å². The summed E-state index contributed by atoms with van der Waals surface area (Å²) in [4.78, 5) is 51.7. The molecule has 1 heterocycles. The van der Waals surface area contributed by atoms with Crippen LogP contribution in [-0.4, -0.2) is 37.0 Å². The summed E-state index contributed by atoms with van der Waals surface area (Å²) in [5.74, 6) is -3.79. The van der Waals surface area contributed by atoms with Crippen LogP contribution in [0, 0.1) is 11.7 Å². The van der Waals surface area contributed by atoms with E-state index in [0.29, 0.717) is 11.4 Å². The number of ether oxygens (including phenoxy) is 2. The third-order valence-electron chi connectivity index (χ3n) is 5.21. The molecular formula is C25H25FN2O6. The van der Waals surface area contributed by atoms with Crippen molar-refractivity contribution in [2.24, 2.45) is 5.92 Å². The van der Waals surface area contributed by atoms with Gasteiger partial charge < -0.3 is 14.8 Å². The molecule has 34 heavy (non-hydrogen) atoms. The van der Waals surface area contributed by atoms with E-state index in [0.717, 1.165) is 4.90 Å². The van der Waals surface area contributed by atoms with Crippen LogP contribution in [0.3, 0.4) is 0 Å². The lowest BCUT2D eigenvalue weighted by atomic mass is 9.95. The van der Waals surface area contributed by atoms with Gasteiger partial charge in [0.15, 0.2) is 0 Å². The number of esters is 2. The Morgan fingerprint density at radius 1 is 1.00 bits per heavy atom. The number of amides is 2. The van der Waals surface area contributed by atoms with Crippen molar-refractivity contribution in [3.63, 3.8) is 0 Å². The van der Waals surface area contributed by atoms with E-state index in [1.165, 1.54) is 48.5 Å². The molecule has 0 radical (unpaired) electrons. The third-order valence-corrected chi connectivity index (χ3v) is 5.21. The summed E-state index contributed by atoms with van der Waals surface area (Å²) in [6, 6.07) is 11.4. The Bertz CT molecular complexity index is 1130. The standard InChI is InChI=1S/C25H25FN2O6/c1-4-33-24(31)16-6-12-19(13-7-16)28-21(29)14-20(23(28)30)22(25(32)34-5-2)15(3)27-18-10-8-17(26)9-11-18/h6-13,20,27H,4-5,14H2,1-3H3. The minimum absolute atomic E-state index is 0.0233. The van der Waals surface area contributed by atoms with E-state index in [1.807, 2.05) is 0 Å². The van der Waals surface area contributed by atoms with E-state index in [9.17, 15) is 23.6 Å². The zero-order chi connectivity index (χ0) is 24.8. The smallest absolute Gasteiger partial charge is 0.338 e. The van der Waals surface area contributed by atoms with Crippen molar-refractivity contribution in [2.75, 3.05) is 23.4 Å². The van der Waals surface area contributed by atoms with Gasteiger partial charge in [-0.25, -0.2) is 14.0 Å². The molecule has 2 aromatic rings. The number of anilines is 2. The lowest BCUT2D eigenvalue weighted by Gasteiger charge is -2.19. The van der Waals surface area contributed by atoms with Crippen molar-refractivity contribution in [2.45, 2.75) is 27.2 Å². The summed E-state index contributed by atoms with van der Waals surface area (Å²) in [5, 5.41) is 2.99. The predicted molar refractivity (Wildman–Crippen MR) is 122 cm³/mol. The SMILES string of the molecule is CCOC(=O)C(=C(C)Nc1ccc(F)cc1)C1CC(=O)N(c2ccc(C(=O)OCC)cc2)C1=O. The highest BCUT2D eigenvalue weighted by molar-refractivity contribution is 6.23. The number of nitrogens with one attached hydrogen (secondary N) is 1. The van der Waals surface area contributed by atoms with Crippen LogP contribution in [0.4, 0.5) is 15.8 Å². The number of hydrogen-bond donors (Lipinski definition) is 1. The van der Waals surface area contributed by atoms with Gasteiger partial charge in [0.25, 0.3) is 0 Å². The topological polar surface area (TPSA) is 102 Å². The van der Waals surface area contributed by atoms with Crippen LogP contribution in [0.15, 0.2) is 59.8 Å². The van der Waals surface area contributed by atoms with Crippen LogP contribution in [0.2, 0.25) is 0 Å². The van der Waals surface area contributed by atoms with Gasteiger partial charge in [-0.3, -0.25) is 14.5 Å². The van der Waals surface area contributed by atoms with Crippen LogP contribution in [0.5, 0.6) is 0 Å². The van der Waals surface area contributed by atoms with E-state index < -0.39 is 35.5 Å². The fourth-order valence-corrected chi connectivity index (χ4v) is 3.67. The first kappa shape index (κ1) is 24.6. The highest BCUT2D eigenvalue weighted by Gasteiger charge is 2.44. The molecule has 9 heteroatoms. The van der Waals surface area contributed by atoms with Gasteiger partial charge in [-0.1, -0.05) is 0 Å². The summed E-state index contributed by atoms with van der Waals surface area (Å²) < 4.78 is 23.3. The van der Waals surface area contributed by atoms with Gasteiger partial charge in [-0.15, -0.1) is 0 Å². The number of halogens is 1. The second-order valence-electron chi connectivity index (χ2n) is 7.48. The fraction of sp³-hybridized carbons (Fsp3) is 0.280. The zero-order valence-corrected chi connectivity index (χ0v) is 19.1. The van der Waals surface area contributed by atoms with Crippen molar-refractivity contribution < 1.29 is 33.0 Å². The molecule has 1 unspecified atom stereocenters. The van der Waals surface area contributed by atoms with Crippen LogP contribution in [0.1, 0.15) is 37.6 Å². The van der Waals surface area contributed by atoms with Crippen molar-refractivity contribution >= 4 is 35.1 Å². The zero-order valence-electron chi connectivity index (χ0n) is 19.1. The van der Waals surface area contributed by atoms with E-state index in [2.05, 4.69) is 5.32 Å². The first-order valence-electron chi connectivity index (χ1n) is 10.8. The summed E-state index contributed by atoms with van der Waals surface area (Å²) in [7, 11) is 0. The molecule has 2 amide bonds. The maximum atomic E-state index is 13.3. The quantitative estimate of drug-likeness (QED) is 0.357. The Morgan fingerprint density at radius 2 is 1.62 bits per heavy atom. The molecule has 1 fully saturated rings. The van der Waals surface area contributed by atoms with Crippen LogP contribution >= 0.6 is 0 Å². The Labute approximate surface area is 196 Å². The molecule has 178 valence electrons. The van der Waals surface area contributed by atoms with Crippen molar-refractivity contribution in [3.8, 4) is 0 Å². The molecule has 1 aliphatic rings. The van der Waals surface area contributed by atoms with Gasteiger partial charge >= 0.3 is 11.9 Å². The largest absolute Gasteiger partial charge is 0.463 e. The fourth-order valence-electron chi connectivity index (χ4n) is 3.67. The third kappa shape index (κ3) is 5.31. The molecule has 0 aliphatic carbocycles. The van der Waals surface area contributed by atoms with Gasteiger partial charge in [0, 0.05) is 17.8 Å². The second-order valence-corrected chi connectivity index (χ2v) is 7.48. The molecule has 3 rings (SSSR count). The average Bonchev–Trinajstić information content (AvgIpc) is 3.09. The summed E-state index contributed by atoms with van der Waals surface area (Å²) in [6.07, 6.45) is -0.227. The second kappa shape index (κ2) is 10.7. The molecule has 2 aromatic carbocycles. The normalized spacial score (nSPS) is 16.2. The van der Waals surface area contributed by atoms with Crippen molar-refractivity contribution in [1.29, 1.82) is 0 Å². The van der Waals surface area contributed by atoms with Crippen molar-refractivity contribution in [3.05, 3.63) is 71.2 Å².